The first-order chi connectivity index (χ1) is 12.5. The summed E-state index contributed by atoms with van der Waals surface area (Å²) < 4.78 is 14.0. The minimum atomic E-state index is -0.327. The maximum Gasteiger partial charge on any atom is 0.122 e. The summed E-state index contributed by atoms with van der Waals surface area (Å²) in [5.41, 5.74) is 4.04. The second kappa shape index (κ2) is 9.25. The Morgan fingerprint density at radius 1 is 1.42 bits per heavy atom. The number of aliphatic hydroxyl groups excluding tert-OH is 1. The largest absolute Gasteiger partial charge is 0.394 e. The van der Waals surface area contributed by atoms with Gasteiger partial charge in [-0.25, -0.2) is 4.39 Å². The minimum Gasteiger partial charge on any atom is -0.394 e. The number of rotatable bonds is 7. The fourth-order valence-electron chi connectivity index (χ4n) is 3.01. The van der Waals surface area contributed by atoms with Crippen LogP contribution in [-0.2, 0) is 0 Å². The number of aliphatic imine (C=N–C) groups is 2. The van der Waals surface area contributed by atoms with Crippen molar-refractivity contribution in [3.8, 4) is 0 Å². The van der Waals surface area contributed by atoms with Gasteiger partial charge in [-0.1, -0.05) is 6.58 Å². The summed E-state index contributed by atoms with van der Waals surface area (Å²) in [6.07, 6.45) is 12.0. The van der Waals surface area contributed by atoms with Crippen molar-refractivity contribution in [1.29, 1.82) is 0 Å². The molecule has 0 bridgehead atoms. The van der Waals surface area contributed by atoms with Crippen LogP contribution in [0.4, 0.5) is 4.39 Å². The smallest absolute Gasteiger partial charge is 0.122 e. The highest BCUT2D eigenvalue weighted by Gasteiger charge is 2.25. The van der Waals surface area contributed by atoms with E-state index in [2.05, 4.69) is 23.3 Å². The molecule has 2 aliphatic rings. The predicted octanol–water partition coefficient (Wildman–Crippen LogP) is 4.26. The third-order valence-corrected chi connectivity index (χ3v) is 4.48. The minimum absolute atomic E-state index is 0.110. The monoisotopic (exact) mass is 355 g/mol. The van der Waals surface area contributed by atoms with Gasteiger partial charge in [0.25, 0.3) is 0 Å². The van der Waals surface area contributed by atoms with Gasteiger partial charge in [-0.3, -0.25) is 9.98 Å². The van der Waals surface area contributed by atoms with Gasteiger partial charge in [0, 0.05) is 30.2 Å². The number of hydrogen-bond donors (Lipinski definition) is 1. The van der Waals surface area contributed by atoms with E-state index in [9.17, 15) is 9.50 Å². The summed E-state index contributed by atoms with van der Waals surface area (Å²) in [6.45, 7) is 11.8. The molecule has 1 heterocycles. The van der Waals surface area contributed by atoms with Crippen LogP contribution in [0.2, 0.25) is 0 Å². The SMILES string of the molecule is C=N/C=C\C(=NCC)C1=CC(=C)N(C(CO)C2=CC(F)=C(C)CC2)C=C1. The molecule has 0 radical (unpaired) electrons. The van der Waals surface area contributed by atoms with Crippen LogP contribution in [0.5, 0.6) is 0 Å². The topological polar surface area (TPSA) is 48.2 Å². The number of aliphatic hydroxyl groups is 1. The number of allylic oxidation sites excluding steroid dienone is 7. The van der Waals surface area contributed by atoms with E-state index in [1.807, 2.05) is 30.2 Å². The molecular formula is C21H26FN3O. The third-order valence-electron chi connectivity index (χ3n) is 4.48. The number of hydrogen-bond acceptors (Lipinski definition) is 4. The Morgan fingerprint density at radius 2 is 2.19 bits per heavy atom. The van der Waals surface area contributed by atoms with Crippen LogP contribution >= 0.6 is 0 Å². The first-order valence-corrected chi connectivity index (χ1v) is 8.72. The normalized spacial score (nSPS) is 19.8. The molecule has 0 saturated carbocycles. The predicted molar refractivity (Wildman–Crippen MR) is 107 cm³/mol. The van der Waals surface area contributed by atoms with Gasteiger partial charge in [-0.15, -0.1) is 0 Å². The van der Waals surface area contributed by atoms with Gasteiger partial charge in [-0.2, -0.15) is 0 Å². The van der Waals surface area contributed by atoms with E-state index in [1.165, 1.54) is 0 Å². The molecule has 1 aliphatic heterocycles. The van der Waals surface area contributed by atoms with Gasteiger partial charge in [0.15, 0.2) is 0 Å². The highest BCUT2D eigenvalue weighted by molar-refractivity contribution is 6.10. The zero-order valence-electron chi connectivity index (χ0n) is 15.5. The van der Waals surface area contributed by atoms with Gasteiger partial charge >= 0.3 is 0 Å². The summed E-state index contributed by atoms with van der Waals surface area (Å²) >= 11 is 0. The molecule has 0 fully saturated rings. The van der Waals surface area contributed by atoms with Gasteiger partial charge in [-0.05, 0) is 68.9 Å². The quantitative estimate of drug-likeness (QED) is 0.694. The number of nitrogens with zero attached hydrogens (tertiary/aromatic N) is 3. The molecule has 0 aromatic heterocycles. The molecule has 0 amide bonds. The Bertz CT molecular complexity index is 753. The van der Waals surface area contributed by atoms with Crippen molar-refractivity contribution in [2.75, 3.05) is 13.2 Å². The fraction of sp³-hybridized carbons (Fsp3) is 0.333. The van der Waals surface area contributed by atoms with E-state index in [0.29, 0.717) is 13.0 Å². The molecule has 0 spiro atoms. The lowest BCUT2D eigenvalue weighted by molar-refractivity contribution is 0.208. The molecule has 5 heteroatoms. The summed E-state index contributed by atoms with van der Waals surface area (Å²) in [4.78, 5) is 10.1. The average molecular weight is 355 g/mol. The molecule has 2 rings (SSSR count). The zero-order valence-corrected chi connectivity index (χ0v) is 15.5. The van der Waals surface area contributed by atoms with E-state index in [4.69, 9.17) is 0 Å². The second-order valence-electron chi connectivity index (χ2n) is 6.22. The Kier molecular flexibility index (Phi) is 7.04. The Hall–Kier alpha value is -2.53. The van der Waals surface area contributed by atoms with E-state index in [0.717, 1.165) is 34.5 Å². The second-order valence-corrected chi connectivity index (χ2v) is 6.22. The summed E-state index contributed by atoms with van der Waals surface area (Å²) in [7, 11) is 0. The standard InChI is InChI=1S/C21H26FN3O/c1-5-24-20(8-10-23-4)17-9-11-25(16(3)12-17)21(14-26)18-7-6-15(2)19(22)13-18/h8-13,21,26H,3-7,14H2,1-2H3/b10-8-,24-20?. The molecule has 1 unspecified atom stereocenters. The summed E-state index contributed by atoms with van der Waals surface area (Å²) in [6, 6.07) is -0.327. The molecule has 1 aliphatic carbocycles. The van der Waals surface area contributed by atoms with Crippen molar-refractivity contribution in [3.63, 3.8) is 0 Å². The third kappa shape index (κ3) is 4.55. The molecule has 26 heavy (non-hydrogen) atoms. The Morgan fingerprint density at radius 3 is 2.77 bits per heavy atom. The molecule has 0 aromatic rings. The molecule has 0 saturated heterocycles. The lowest BCUT2D eigenvalue weighted by Gasteiger charge is -2.34. The Balaban J connectivity index is 2.25. The van der Waals surface area contributed by atoms with E-state index < -0.39 is 0 Å². The van der Waals surface area contributed by atoms with Gasteiger partial charge in [0.2, 0.25) is 0 Å². The molecule has 0 aromatic carbocycles. The summed E-state index contributed by atoms with van der Waals surface area (Å²) in [5, 5.41) is 9.90. The van der Waals surface area contributed by atoms with Crippen molar-refractivity contribution >= 4 is 12.4 Å². The van der Waals surface area contributed by atoms with Crippen LogP contribution in [0.3, 0.4) is 0 Å². The van der Waals surface area contributed by atoms with E-state index >= 15 is 0 Å². The van der Waals surface area contributed by atoms with Crippen molar-refractivity contribution in [3.05, 3.63) is 71.5 Å². The first-order valence-electron chi connectivity index (χ1n) is 8.72. The number of halogens is 1. The van der Waals surface area contributed by atoms with E-state index in [-0.39, 0.29) is 18.5 Å². The van der Waals surface area contributed by atoms with Crippen LogP contribution in [0.25, 0.3) is 0 Å². The Labute approximate surface area is 154 Å². The van der Waals surface area contributed by atoms with Gasteiger partial charge in [0.05, 0.1) is 18.4 Å². The van der Waals surface area contributed by atoms with Crippen molar-refractivity contribution in [2.45, 2.75) is 32.7 Å². The lowest BCUT2D eigenvalue weighted by atomic mass is 9.92. The van der Waals surface area contributed by atoms with Crippen molar-refractivity contribution < 1.29 is 9.50 Å². The first kappa shape index (κ1) is 19.8. The highest BCUT2D eigenvalue weighted by atomic mass is 19.1. The molecule has 138 valence electrons. The van der Waals surface area contributed by atoms with E-state index in [1.54, 1.807) is 25.3 Å². The van der Waals surface area contributed by atoms with Crippen LogP contribution < -0.4 is 0 Å². The van der Waals surface area contributed by atoms with Gasteiger partial charge in [0.1, 0.15) is 5.83 Å². The van der Waals surface area contributed by atoms with Crippen molar-refractivity contribution in [1.82, 2.24) is 4.90 Å². The molecule has 1 N–H and O–H groups in total. The summed E-state index contributed by atoms with van der Waals surface area (Å²) in [5.74, 6) is -0.202. The van der Waals surface area contributed by atoms with Gasteiger partial charge < -0.3 is 10.0 Å². The highest BCUT2D eigenvalue weighted by Crippen LogP contribution is 2.31. The maximum atomic E-state index is 14.0. The van der Waals surface area contributed by atoms with Crippen LogP contribution in [-0.4, -0.2) is 41.6 Å². The van der Waals surface area contributed by atoms with Crippen LogP contribution in [0.15, 0.2) is 81.5 Å². The molecule has 4 nitrogen and oxygen atoms in total. The molecular weight excluding hydrogens is 329 g/mol. The fourth-order valence-corrected chi connectivity index (χ4v) is 3.01. The maximum absolute atomic E-state index is 14.0. The van der Waals surface area contributed by atoms with Crippen molar-refractivity contribution in [2.24, 2.45) is 9.98 Å². The lowest BCUT2D eigenvalue weighted by Crippen LogP contribution is -2.36. The molecule has 1 atom stereocenters. The van der Waals surface area contributed by atoms with Crippen LogP contribution in [0, 0.1) is 0 Å². The van der Waals surface area contributed by atoms with Crippen LogP contribution in [0.1, 0.15) is 26.7 Å². The zero-order chi connectivity index (χ0) is 19.1. The average Bonchev–Trinajstić information content (AvgIpc) is 2.63.